The van der Waals surface area contributed by atoms with Crippen LogP contribution in [0.2, 0.25) is 0 Å². The number of nitrogens with one attached hydrogen (secondary N) is 1. The predicted molar refractivity (Wildman–Crippen MR) is 102 cm³/mol. The van der Waals surface area contributed by atoms with Crippen LogP contribution >= 0.6 is 0 Å². The van der Waals surface area contributed by atoms with E-state index in [1.54, 1.807) is 35.9 Å². The van der Waals surface area contributed by atoms with Crippen LogP contribution in [0.15, 0.2) is 48.7 Å². The van der Waals surface area contributed by atoms with Gasteiger partial charge in [-0.25, -0.2) is 0 Å². The molecule has 134 valence electrons. The number of fused-ring (bicyclic) bond motifs is 1. The van der Waals surface area contributed by atoms with E-state index in [0.717, 1.165) is 16.3 Å². The molecule has 2 amide bonds. The van der Waals surface area contributed by atoms with E-state index in [1.165, 1.54) is 0 Å². The van der Waals surface area contributed by atoms with Crippen LogP contribution in [0.1, 0.15) is 22.3 Å². The molecule has 0 atom stereocenters. The van der Waals surface area contributed by atoms with Crippen molar-refractivity contribution in [3.05, 3.63) is 59.8 Å². The Labute approximate surface area is 152 Å². The topological polar surface area (TPSA) is 67.2 Å². The zero-order chi connectivity index (χ0) is 18.7. The first-order valence-electron chi connectivity index (χ1n) is 8.49. The quantitative estimate of drug-likeness (QED) is 0.769. The lowest BCUT2D eigenvalue weighted by Gasteiger charge is -2.10. The maximum atomic E-state index is 12.7. The SMILES string of the molecule is Cc1ccc(C(=O)Nc2ccn(CCC(=O)N(C)C)n2)c2ccccc12. The molecule has 3 rings (SSSR count). The third kappa shape index (κ3) is 3.74. The number of rotatable bonds is 5. The van der Waals surface area contributed by atoms with E-state index in [2.05, 4.69) is 10.4 Å². The lowest BCUT2D eigenvalue weighted by atomic mass is 10.00. The van der Waals surface area contributed by atoms with Gasteiger partial charge in [0.25, 0.3) is 5.91 Å². The maximum Gasteiger partial charge on any atom is 0.257 e. The highest BCUT2D eigenvalue weighted by molar-refractivity contribution is 6.13. The van der Waals surface area contributed by atoms with Crippen molar-refractivity contribution in [2.45, 2.75) is 19.9 Å². The second kappa shape index (κ2) is 7.39. The molecule has 0 bridgehead atoms. The molecular weight excluding hydrogens is 328 g/mol. The average molecular weight is 350 g/mol. The minimum absolute atomic E-state index is 0.0391. The summed E-state index contributed by atoms with van der Waals surface area (Å²) < 4.78 is 1.66. The summed E-state index contributed by atoms with van der Waals surface area (Å²) in [5.74, 6) is 0.310. The van der Waals surface area contributed by atoms with Gasteiger partial charge >= 0.3 is 0 Å². The van der Waals surface area contributed by atoms with Gasteiger partial charge in [0.15, 0.2) is 5.82 Å². The first-order chi connectivity index (χ1) is 12.5. The van der Waals surface area contributed by atoms with E-state index in [9.17, 15) is 9.59 Å². The monoisotopic (exact) mass is 350 g/mol. The average Bonchev–Trinajstić information content (AvgIpc) is 3.07. The van der Waals surface area contributed by atoms with Crippen LogP contribution in [0.5, 0.6) is 0 Å². The second-order valence-corrected chi connectivity index (χ2v) is 6.43. The molecule has 0 radical (unpaired) electrons. The smallest absolute Gasteiger partial charge is 0.257 e. The van der Waals surface area contributed by atoms with Crippen LogP contribution in [0, 0.1) is 6.92 Å². The highest BCUT2D eigenvalue weighted by atomic mass is 16.2. The Morgan fingerprint density at radius 3 is 2.54 bits per heavy atom. The van der Waals surface area contributed by atoms with Crippen molar-refractivity contribution in [2.75, 3.05) is 19.4 Å². The molecule has 0 spiro atoms. The Balaban J connectivity index is 1.73. The van der Waals surface area contributed by atoms with Crippen molar-refractivity contribution in [3.63, 3.8) is 0 Å². The zero-order valence-corrected chi connectivity index (χ0v) is 15.2. The molecule has 3 aromatic rings. The second-order valence-electron chi connectivity index (χ2n) is 6.43. The lowest BCUT2D eigenvalue weighted by Crippen LogP contribution is -2.23. The van der Waals surface area contributed by atoms with Crippen LogP contribution < -0.4 is 5.32 Å². The molecule has 0 aliphatic heterocycles. The van der Waals surface area contributed by atoms with E-state index in [4.69, 9.17) is 0 Å². The van der Waals surface area contributed by atoms with E-state index in [1.807, 2.05) is 43.3 Å². The third-order valence-electron chi connectivity index (χ3n) is 4.32. The normalized spacial score (nSPS) is 10.7. The molecule has 0 fully saturated rings. The third-order valence-corrected chi connectivity index (χ3v) is 4.32. The van der Waals surface area contributed by atoms with Crippen molar-refractivity contribution in [1.82, 2.24) is 14.7 Å². The summed E-state index contributed by atoms with van der Waals surface area (Å²) in [4.78, 5) is 25.9. The lowest BCUT2D eigenvalue weighted by molar-refractivity contribution is -0.128. The Kier molecular flexibility index (Phi) is 5.02. The molecule has 0 aliphatic carbocycles. The molecule has 1 N–H and O–H groups in total. The highest BCUT2D eigenvalue weighted by Gasteiger charge is 2.13. The maximum absolute atomic E-state index is 12.7. The molecule has 6 heteroatoms. The number of anilines is 1. The molecule has 2 aromatic carbocycles. The minimum atomic E-state index is -0.198. The van der Waals surface area contributed by atoms with Gasteiger partial charge < -0.3 is 10.2 Å². The van der Waals surface area contributed by atoms with Crippen molar-refractivity contribution in [2.24, 2.45) is 0 Å². The molecule has 26 heavy (non-hydrogen) atoms. The van der Waals surface area contributed by atoms with Crippen LogP contribution in [-0.4, -0.2) is 40.6 Å². The number of carbonyl (C=O) groups excluding carboxylic acids is 2. The van der Waals surface area contributed by atoms with Gasteiger partial charge in [-0.2, -0.15) is 5.10 Å². The van der Waals surface area contributed by atoms with Gasteiger partial charge in [-0.1, -0.05) is 30.3 Å². The number of aromatic nitrogens is 2. The summed E-state index contributed by atoms with van der Waals surface area (Å²) in [6.07, 6.45) is 2.12. The number of aryl methyl sites for hydroxylation is 2. The van der Waals surface area contributed by atoms with E-state index >= 15 is 0 Å². The van der Waals surface area contributed by atoms with Crippen molar-refractivity contribution in [1.29, 1.82) is 0 Å². The molecule has 1 aromatic heterocycles. The molecule has 0 saturated carbocycles. The largest absolute Gasteiger partial charge is 0.349 e. The standard InChI is InChI=1S/C20H22N4O2/c1-14-8-9-17(16-7-5-4-6-15(14)16)20(26)21-18-10-12-24(22-18)13-11-19(25)23(2)3/h4-10,12H,11,13H2,1-3H3,(H,21,22,26). The van der Waals surface area contributed by atoms with Crippen LogP contribution in [0.3, 0.4) is 0 Å². The molecule has 0 unspecified atom stereocenters. The van der Waals surface area contributed by atoms with Gasteiger partial charge in [-0.3, -0.25) is 14.3 Å². The van der Waals surface area contributed by atoms with Gasteiger partial charge in [0, 0.05) is 44.9 Å². The fraction of sp³-hybridized carbons (Fsp3) is 0.250. The number of hydrogen-bond acceptors (Lipinski definition) is 3. The zero-order valence-electron chi connectivity index (χ0n) is 15.2. The minimum Gasteiger partial charge on any atom is -0.349 e. The Morgan fingerprint density at radius 2 is 1.81 bits per heavy atom. The number of nitrogens with zero attached hydrogens (tertiary/aromatic N) is 3. The summed E-state index contributed by atoms with van der Waals surface area (Å²) in [7, 11) is 3.45. The van der Waals surface area contributed by atoms with Crippen LogP contribution in [-0.2, 0) is 11.3 Å². The van der Waals surface area contributed by atoms with Crippen molar-refractivity contribution < 1.29 is 9.59 Å². The molecule has 0 saturated heterocycles. The fourth-order valence-electron chi connectivity index (χ4n) is 2.82. The summed E-state index contributed by atoms with van der Waals surface area (Å²) in [5, 5.41) is 9.13. The van der Waals surface area contributed by atoms with Gasteiger partial charge in [-0.15, -0.1) is 0 Å². The highest BCUT2D eigenvalue weighted by Crippen LogP contribution is 2.23. The number of amides is 2. The molecule has 0 aliphatic rings. The van der Waals surface area contributed by atoms with Gasteiger partial charge in [-0.05, 0) is 29.3 Å². The molecule has 1 heterocycles. The van der Waals surface area contributed by atoms with Crippen LogP contribution in [0.25, 0.3) is 10.8 Å². The summed E-state index contributed by atoms with van der Waals surface area (Å²) in [5.41, 5.74) is 1.75. The van der Waals surface area contributed by atoms with Crippen molar-refractivity contribution >= 4 is 28.4 Å². The van der Waals surface area contributed by atoms with Crippen LogP contribution in [0.4, 0.5) is 5.82 Å². The summed E-state index contributed by atoms with van der Waals surface area (Å²) in [6.45, 7) is 2.50. The van der Waals surface area contributed by atoms with Gasteiger partial charge in [0.05, 0.1) is 0 Å². The number of carbonyl (C=O) groups is 2. The van der Waals surface area contributed by atoms with Crippen molar-refractivity contribution in [3.8, 4) is 0 Å². The molecule has 6 nitrogen and oxygen atoms in total. The Bertz CT molecular complexity index is 959. The summed E-state index contributed by atoms with van der Waals surface area (Å²) >= 11 is 0. The number of hydrogen-bond donors (Lipinski definition) is 1. The van der Waals surface area contributed by atoms with E-state index in [-0.39, 0.29) is 11.8 Å². The Hall–Kier alpha value is -3.15. The first kappa shape index (κ1) is 17.7. The molecular formula is C20H22N4O2. The first-order valence-corrected chi connectivity index (χ1v) is 8.49. The van der Waals surface area contributed by atoms with E-state index < -0.39 is 0 Å². The number of benzene rings is 2. The predicted octanol–water partition coefficient (Wildman–Crippen LogP) is 3.08. The summed E-state index contributed by atoms with van der Waals surface area (Å²) in [6, 6.07) is 13.4. The van der Waals surface area contributed by atoms with Gasteiger partial charge in [0.1, 0.15) is 0 Å². The fourth-order valence-corrected chi connectivity index (χ4v) is 2.82. The van der Waals surface area contributed by atoms with Gasteiger partial charge in [0.2, 0.25) is 5.91 Å². The van der Waals surface area contributed by atoms with E-state index in [0.29, 0.717) is 24.3 Å². The Morgan fingerprint density at radius 1 is 1.08 bits per heavy atom.